The molecular formula is C24H35FN8S. The second kappa shape index (κ2) is 12.1. The van der Waals surface area contributed by atoms with E-state index in [1.807, 2.05) is 0 Å². The molecular weight excluding hydrogens is 451 g/mol. The SMILES string of the molecule is CN(CCNC(=S)Nc1ccccc1F)CCNc1cc(N2CCCC2)nc(N2CCCC2)n1. The smallest absolute Gasteiger partial charge is 0.229 e. The molecule has 0 bridgehead atoms. The number of nitrogens with zero attached hydrogens (tertiary/aromatic N) is 5. The number of para-hydroxylation sites is 1. The molecule has 2 aliphatic rings. The summed E-state index contributed by atoms with van der Waals surface area (Å²) in [5.41, 5.74) is 0.379. The van der Waals surface area contributed by atoms with Crippen LogP contribution in [0, 0.1) is 5.82 Å². The number of likely N-dealkylation sites (N-methyl/N-ethyl adjacent to an activating group) is 1. The van der Waals surface area contributed by atoms with Crippen molar-refractivity contribution in [2.75, 3.05) is 79.8 Å². The monoisotopic (exact) mass is 486 g/mol. The first kappa shape index (κ1) is 24.4. The van der Waals surface area contributed by atoms with E-state index in [-0.39, 0.29) is 5.82 Å². The largest absolute Gasteiger partial charge is 0.369 e. The second-order valence-corrected chi connectivity index (χ2v) is 9.30. The Bertz CT molecular complexity index is 912. The molecule has 0 saturated carbocycles. The van der Waals surface area contributed by atoms with Crippen molar-refractivity contribution in [1.82, 2.24) is 20.2 Å². The van der Waals surface area contributed by atoms with E-state index in [0.29, 0.717) is 17.3 Å². The maximum absolute atomic E-state index is 13.7. The van der Waals surface area contributed by atoms with Gasteiger partial charge in [-0.2, -0.15) is 9.97 Å². The molecule has 34 heavy (non-hydrogen) atoms. The zero-order valence-corrected chi connectivity index (χ0v) is 20.7. The molecule has 0 amide bonds. The highest BCUT2D eigenvalue weighted by Gasteiger charge is 2.20. The van der Waals surface area contributed by atoms with Crippen molar-refractivity contribution in [3.05, 3.63) is 36.1 Å². The summed E-state index contributed by atoms with van der Waals surface area (Å²) in [7, 11) is 2.07. The van der Waals surface area contributed by atoms with Crippen LogP contribution in [0.15, 0.2) is 30.3 Å². The van der Waals surface area contributed by atoms with E-state index in [2.05, 4.69) is 43.8 Å². The molecule has 1 aromatic carbocycles. The first-order chi connectivity index (χ1) is 16.6. The molecule has 2 aliphatic heterocycles. The van der Waals surface area contributed by atoms with E-state index in [9.17, 15) is 4.39 Å². The molecule has 0 atom stereocenters. The zero-order valence-electron chi connectivity index (χ0n) is 19.9. The Morgan fingerprint density at radius 2 is 1.68 bits per heavy atom. The number of hydrogen-bond donors (Lipinski definition) is 3. The van der Waals surface area contributed by atoms with E-state index in [1.54, 1.807) is 18.2 Å². The highest BCUT2D eigenvalue weighted by Crippen LogP contribution is 2.25. The number of nitrogens with one attached hydrogen (secondary N) is 3. The molecule has 0 aliphatic carbocycles. The van der Waals surface area contributed by atoms with E-state index >= 15 is 0 Å². The number of aromatic nitrogens is 2. The molecule has 0 unspecified atom stereocenters. The fraction of sp³-hybridized carbons (Fsp3) is 0.542. The minimum atomic E-state index is -0.319. The third kappa shape index (κ3) is 6.89. The lowest BCUT2D eigenvalue weighted by Crippen LogP contribution is -2.37. The quantitative estimate of drug-likeness (QED) is 0.439. The second-order valence-electron chi connectivity index (χ2n) is 8.89. The van der Waals surface area contributed by atoms with Crippen LogP contribution in [0.1, 0.15) is 25.7 Å². The van der Waals surface area contributed by atoms with Crippen LogP contribution in [0.3, 0.4) is 0 Å². The van der Waals surface area contributed by atoms with Crippen molar-refractivity contribution < 1.29 is 4.39 Å². The predicted molar refractivity (Wildman–Crippen MR) is 142 cm³/mol. The van der Waals surface area contributed by atoms with Gasteiger partial charge >= 0.3 is 0 Å². The molecule has 4 rings (SSSR count). The van der Waals surface area contributed by atoms with E-state index in [4.69, 9.17) is 22.2 Å². The minimum Gasteiger partial charge on any atom is -0.369 e. The molecule has 0 spiro atoms. The summed E-state index contributed by atoms with van der Waals surface area (Å²) in [5.74, 6) is 2.45. The fourth-order valence-electron chi connectivity index (χ4n) is 4.26. The number of anilines is 4. The first-order valence-corrected chi connectivity index (χ1v) is 12.6. The summed E-state index contributed by atoms with van der Waals surface area (Å²) < 4.78 is 13.7. The standard InChI is InChI=1S/C24H35FN8S/c1-31(17-11-27-24(34)28-20-9-3-2-8-19(20)25)16-10-26-21-18-22(32-12-4-5-13-32)30-23(29-21)33-14-6-7-15-33/h2-3,8-9,18H,4-7,10-17H2,1H3,(H,26,29,30)(H2,27,28,34). The van der Waals surface area contributed by atoms with Crippen LogP contribution in [-0.2, 0) is 0 Å². The van der Waals surface area contributed by atoms with Crippen LogP contribution in [0.25, 0.3) is 0 Å². The third-order valence-electron chi connectivity index (χ3n) is 6.22. The van der Waals surface area contributed by atoms with E-state index in [0.717, 1.165) is 63.4 Å². The van der Waals surface area contributed by atoms with Crippen LogP contribution in [-0.4, -0.2) is 79.4 Å². The highest BCUT2D eigenvalue weighted by molar-refractivity contribution is 7.80. The van der Waals surface area contributed by atoms with Crippen LogP contribution in [0.4, 0.5) is 27.7 Å². The van der Waals surface area contributed by atoms with E-state index < -0.39 is 0 Å². The molecule has 2 aromatic rings. The van der Waals surface area contributed by atoms with Gasteiger partial charge in [0.2, 0.25) is 5.95 Å². The molecule has 0 radical (unpaired) electrons. The lowest BCUT2D eigenvalue weighted by molar-refractivity contribution is 0.352. The van der Waals surface area contributed by atoms with Gasteiger partial charge in [0.15, 0.2) is 5.11 Å². The lowest BCUT2D eigenvalue weighted by atomic mass is 10.3. The maximum atomic E-state index is 13.7. The molecule has 3 N–H and O–H groups in total. The molecule has 8 nitrogen and oxygen atoms in total. The first-order valence-electron chi connectivity index (χ1n) is 12.2. The van der Waals surface area contributed by atoms with E-state index in [1.165, 1.54) is 31.7 Å². The zero-order chi connectivity index (χ0) is 23.8. The van der Waals surface area contributed by atoms with Crippen molar-refractivity contribution in [1.29, 1.82) is 0 Å². The summed E-state index contributed by atoms with van der Waals surface area (Å²) in [4.78, 5) is 16.6. The maximum Gasteiger partial charge on any atom is 0.229 e. The topological polar surface area (TPSA) is 71.6 Å². The van der Waals surface area contributed by atoms with Gasteiger partial charge in [0.25, 0.3) is 0 Å². The predicted octanol–water partition coefficient (Wildman–Crippen LogP) is 3.15. The van der Waals surface area contributed by atoms with Gasteiger partial charge in [-0.1, -0.05) is 12.1 Å². The molecule has 2 fully saturated rings. The van der Waals surface area contributed by atoms with Gasteiger partial charge in [-0.05, 0) is 57.1 Å². The Hall–Kier alpha value is -2.72. The van der Waals surface area contributed by atoms with Crippen LogP contribution in [0.2, 0.25) is 0 Å². The summed E-state index contributed by atoms with van der Waals surface area (Å²) in [6, 6.07) is 8.58. The third-order valence-corrected chi connectivity index (χ3v) is 6.47. The minimum absolute atomic E-state index is 0.319. The van der Waals surface area contributed by atoms with Crippen molar-refractivity contribution in [3.63, 3.8) is 0 Å². The molecule has 3 heterocycles. The van der Waals surface area contributed by atoms with Crippen molar-refractivity contribution in [2.24, 2.45) is 0 Å². The molecule has 184 valence electrons. The summed E-state index contributed by atoms with van der Waals surface area (Å²) in [6.07, 6.45) is 4.87. The van der Waals surface area contributed by atoms with Crippen LogP contribution < -0.4 is 25.8 Å². The number of hydrogen-bond acceptors (Lipinski definition) is 7. The van der Waals surface area contributed by atoms with Crippen LogP contribution >= 0.6 is 12.2 Å². The average molecular weight is 487 g/mol. The average Bonchev–Trinajstić information content (AvgIpc) is 3.55. The number of rotatable bonds is 10. The number of thiocarbonyl (C=S) groups is 1. The summed E-state index contributed by atoms with van der Waals surface area (Å²) in [5, 5.41) is 9.95. The Balaban J connectivity index is 1.22. The summed E-state index contributed by atoms with van der Waals surface area (Å²) >= 11 is 5.27. The Morgan fingerprint density at radius 1 is 1.00 bits per heavy atom. The van der Waals surface area contributed by atoms with Crippen molar-refractivity contribution in [2.45, 2.75) is 25.7 Å². The van der Waals surface area contributed by atoms with Gasteiger partial charge in [0.05, 0.1) is 5.69 Å². The van der Waals surface area contributed by atoms with Crippen molar-refractivity contribution >= 4 is 40.6 Å². The number of benzene rings is 1. The fourth-order valence-corrected chi connectivity index (χ4v) is 4.47. The van der Waals surface area contributed by atoms with Gasteiger partial charge in [-0.3, -0.25) is 0 Å². The molecule has 2 saturated heterocycles. The Morgan fingerprint density at radius 3 is 2.41 bits per heavy atom. The Labute approximate surface area is 206 Å². The molecule has 1 aromatic heterocycles. The Kier molecular flexibility index (Phi) is 8.70. The van der Waals surface area contributed by atoms with Gasteiger partial charge < -0.3 is 30.7 Å². The van der Waals surface area contributed by atoms with Gasteiger partial charge in [-0.25, -0.2) is 4.39 Å². The lowest BCUT2D eigenvalue weighted by Gasteiger charge is -2.22. The number of halogens is 1. The van der Waals surface area contributed by atoms with Gasteiger partial charge in [0, 0.05) is 58.4 Å². The normalized spacial score (nSPS) is 15.7. The van der Waals surface area contributed by atoms with Gasteiger partial charge in [-0.15, -0.1) is 0 Å². The van der Waals surface area contributed by atoms with Gasteiger partial charge in [0.1, 0.15) is 17.5 Å². The van der Waals surface area contributed by atoms with Crippen molar-refractivity contribution in [3.8, 4) is 0 Å². The molecule has 10 heteroatoms. The van der Waals surface area contributed by atoms with Crippen LogP contribution in [0.5, 0.6) is 0 Å². The highest BCUT2D eigenvalue weighted by atomic mass is 32.1. The summed E-state index contributed by atoms with van der Waals surface area (Å²) in [6.45, 7) is 7.32.